The fourth-order valence-electron chi connectivity index (χ4n) is 2.99. The Morgan fingerprint density at radius 3 is 2.69 bits per heavy atom. The summed E-state index contributed by atoms with van der Waals surface area (Å²) in [5, 5.41) is 15.0. The Kier molecular flexibility index (Phi) is 5.43. The number of amides is 1. The molecule has 0 fully saturated rings. The molecule has 1 aromatic heterocycles. The zero-order chi connectivity index (χ0) is 18.7. The van der Waals surface area contributed by atoms with E-state index in [1.165, 1.54) is 0 Å². The van der Waals surface area contributed by atoms with E-state index < -0.39 is 6.04 Å². The van der Waals surface area contributed by atoms with E-state index in [1.54, 1.807) is 18.3 Å². The molecule has 1 atom stereocenters. The number of carbonyl (C=O) groups is 1. The molecule has 3 aromatic rings. The highest BCUT2D eigenvalue weighted by Gasteiger charge is 2.23. The second-order valence-corrected chi connectivity index (χ2v) is 6.76. The zero-order valence-corrected chi connectivity index (χ0v) is 15.5. The Balaban J connectivity index is 2.15. The van der Waals surface area contributed by atoms with Crippen LogP contribution in [0.15, 0.2) is 48.7 Å². The summed E-state index contributed by atoms with van der Waals surface area (Å²) in [6.45, 7) is 3.96. The molecule has 0 spiro atoms. The molecule has 0 bridgehead atoms. The van der Waals surface area contributed by atoms with E-state index in [0.717, 1.165) is 17.5 Å². The maximum absolute atomic E-state index is 12.3. The quantitative estimate of drug-likeness (QED) is 0.672. The van der Waals surface area contributed by atoms with Crippen molar-refractivity contribution in [2.24, 2.45) is 0 Å². The van der Waals surface area contributed by atoms with E-state index in [9.17, 15) is 9.90 Å². The number of nitrogens with one attached hydrogen (secondary N) is 1. The normalized spacial score (nSPS) is 12.1. The number of hydrogen-bond acceptors (Lipinski definition) is 3. The third kappa shape index (κ3) is 3.65. The van der Waals surface area contributed by atoms with Gasteiger partial charge < -0.3 is 10.4 Å². The van der Waals surface area contributed by atoms with Crippen LogP contribution < -0.4 is 5.32 Å². The Labute approximate surface area is 157 Å². The summed E-state index contributed by atoms with van der Waals surface area (Å²) in [6.07, 6.45) is 2.78. The van der Waals surface area contributed by atoms with Crippen LogP contribution in [0, 0.1) is 6.92 Å². The number of phenols is 1. The van der Waals surface area contributed by atoms with Gasteiger partial charge in [0, 0.05) is 23.6 Å². The first-order valence-corrected chi connectivity index (χ1v) is 9.01. The topological polar surface area (TPSA) is 62.2 Å². The molecule has 0 saturated heterocycles. The number of rotatable bonds is 5. The second-order valence-electron chi connectivity index (χ2n) is 6.36. The average Bonchev–Trinajstić information content (AvgIpc) is 2.64. The molecule has 2 N–H and O–H groups in total. The van der Waals surface area contributed by atoms with Gasteiger partial charge in [-0.1, -0.05) is 48.4 Å². The lowest BCUT2D eigenvalue weighted by Crippen LogP contribution is -2.29. The summed E-state index contributed by atoms with van der Waals surface area (Å²) >= 11 is 6.42. The molecule has 5 heteroatoms. The lowest BCUT2D eigenvalue weighted by molar-refractivity contribution is -0.121. The smallest absolute Gasteiger partial charge is 0.220 e. The molecule has 26 heavy (non-hydrogen) atoms. The Morgan fingerprint density at radius 1 is 1.27 bits per heavy atom. The molecule has 0 radical (unpaired) electrons. The molecular formula is C21H21ClN2O2. The molecule has 2 aromatic carbocycles. The van der Waals surface area contributed by atoms with Crippen molar-refractivity contribution in [2.75, 3.05) is 0 Å². The molecule has 0 unspecified atom stereocenters. The predicted molar refractivity (Wildman–Crippen MR) is 104 cm³/mol. The Hall–Kier alpha value is -2.59. The minimum absolute atomic E-state index is 0.0346. The number of fused-ring (bicyclic) bond motifs is 1. The van der Waals surface area contributed by atoms with Crippen molar-refractivity contribution in [1.29, 1.82) is 0 Å². The van der Waals surface area contributed by atoms with E-state index in [1.807, 2.05) is 44.2 Å². The van der Waals surface area contributed by atoms with Crippen LogP contribution in [0.2, 0.25) is 5.02 Å². The minimum atomic E-state index is -0.501. The van der Waals surface area contributed by atoms with Crippen LogP contribution in [0.5, 0.6) is 5.75 Å². The average molecular weight is 369 g/mol. The fraction of sp³-hybridized carbons (Fsp3) is 0.238. The maximum Gasteiger partial charge on any atom is 0.220 e. The molecular weight excluding hydrogens is 348 g/mol. The van der Waals surface area contributed by atoms with E-state index in [-0.39, 0.29) is 11.7 Å². The molecule has 1 amide bonds. The highest BCUT2D eigenvalue weighted by Crippen LogP contribution is 2.38. The number of carbonyl (C=O) groups excluding carboxylic acids is 1. The summed E-state index contributed by atoms with van der Waals surface area (Å²) in [5.74, 6) is -0.0397. The van der Waals surface area contributed by atoms with E-state index in [4.69, 9.17) is 11.6 Å². The molecule has 0 aliphatic carbocycles. The first-order chi connectivity index (χ1) is 12.5. The van der Waals surface area contributed by atoms with Crippen molar-refractivity contribution < 1.29 is 9.90 Å². The van der Waals surface area contributed by atoms with Gasteiger partial charge in [0.15, 0.2) is 0 Å². The van der Waals surface area contributed by atoms with Gasteiger partial charge in [-0.2, -0.15) is 0 Å². The van der Waals surface area contributed by atoms with E-state index in [0.29, 0.717) is 27.9 Å². The van der Waals surface area contributed by atoms with Crippen molar-refractivity contribution in [3.63, 3.8) is 0 Å². The predicted octanol–water partition coefficient (Wildman–Crippen LogP) is 4.91. The summed E-state index contributed by atoms with van der Waals surface area (Å²) < 4.78 is 0. The van der Waals surface area contributed by atoms with Gasteiger partial charge in [0.25, 0.3) is 0 Å². The number of aryl methyl sites for hydroxylation is 1. The summed E-state index contributed by atoms with van der Waals surface area (Å²) in [4.78, 5) is 16.5. The fourth-order valence-corrected chi connectivity index (χ4v) is 3.26. The van der Waals surface area contributed by atoms with Crippen LogP contribution in [0.3, 0.4) is 0 Å². The van der Waals surface area contributed by atoms with Gasteiger partial charge in [0.05, 0.1) is 11.1 Å². The minimum Gasteiger partial charge on any atom is -0.505 e. The number of nitrogens with zero attached hydrogens (tertiary/aromatic N) is 1. The molecule has 0 saturated carbocycles. The van der Waals surface area contributed by atoms with Gasteiger partial charge in [-0.15, -0.1) is 0 Å². The third-order valence-corrected chi connectivity index (χ3v) is 4.66. The first-order valence-electron chi connectivity index (χ1n) is 8.63. The maximum atomic E-state index is 12.3. The van der Waals surface area contributed by atoms with Crippen LogP contribution in [0.25, 0.3) is 10.9 Å². The summed E-state index contributed by atoms with van der Waals surface area (Å²) in [5.41, 5.74) is 2.96. The molecule has 0 aliphatic heterocycles. The largest absolute Gasteiger partial charge is 0.505 e. The monoisotopic (exact) mass is 368 g/mol. The number of phenolic OH excluding ortho intramolecular Hbond substituents is 1. The van der Waals surface area contributed by atoms with Crippen molar-refractivity contribution >= 4 is 28.4 Å². The van der Waals surface area contributed by atoms with Gasteiger partial charge >= 0.3 is 0 Å². The van der Waals surface area contributed by atoms with Crippen molar-refractivity contribution in [2.45, 2.75) is 32.7 Å². The van der Waals surface area contributed by atoms with Crippen LogP contribution in [0.1, 0.15) is 42.5 Å². The summed E-state index contributed by atoms with van der Waals surface area (Å²) in [6, 6.07) is 12.6. The van der Waals surface area contributed by atoms with Gasteiger partial charge in [0.1, 0.15) is 11.3 Å². The highest BCUT2D eigenvalue weighted by atomic mass is 35.5. The van der Waals surface area contributed by atoms with Gasteiger partial charge in [-0.3, -0.25) is 9.78 Å². The van der Waals surface area contributed by atoms with Crippen LogP contribution in [-0.2, 0) is 4.79 Å². The van der Waals surface area contributed by atoms with Crippen LogP contribution in [-0.4, -0.2) is 16.0 Å². The third-order valence-electron chi connectivity index (χ3n) is 4.35. The number of pyridine rings is 1. The van der Waals surface area contributed by atoms with Gasteiger partial charge in [-0.25, -0.2) is 0 Å². The van der Waals surface area contributed by atoms with Crippen LogP contribution >= 0.6 is 11.6 Å². The lowest BCUT2D eigenvalue weighted by atomic mass is 9.95. The molecule has 4 nitrogen and oxygen atoms in total. The Morgan fingerprint density at radius 2 is 2.00 bits per heavy atom. The SMILES string of the molecule is CCCC(=O)N[C@@H](c1ccc(C)cc1)c1cc(Cl)c2cccnc2c1O. The number of halogens is 1. The molecule has 3 rings (SSSR count). The number of hydrogen-bond donors (Lipinski definition) is 2. The first kappa shape index (κ1) is 18.2. The van der Waals surface area contributed by atoms with E-state index in [2.05, 4.69) is 10.3 Å². The molecule has 134 valence electrons. The number of aromatic hydroxyl groups is 1. The molecule has 0 aliphatic rings. The standard InChI is InChI=1S/C21H21ClN2O2/c1-3-5-18(25)24-19(14-9-7-13(2)8-10-14)16-12-17(22)15-6-4-11-23-20(15)21(16)26/h4,6-12,19,26H,3,5H2,1-2H3,(H,24,25)/t19-/m0/s1. The summed E-state index contributed by atoms with van der Waals surface area (Å²) in [7, 11) is 0. The van der Waals surface area contributed by atoms with Gasteiger partial charge in [-0.05, 0) is 37.1 Å². The van der Waals surface area contributed by atoms with Crippen molar-refractivity contribution in [1.82, 2.24) is 10.3 Å². The van der Waals surface area contributed by atoms with Crippen molar-refractivity contribution in [3.8, 4) is 5.75 Å². The highest BCUT2D eigenvalue weighted by molar-refractivity contribution is 6.35. The second kappa shape index (κ2) is 7.75. The Bertz CT molecular complexity index is 939. The van der Waals surface area contributed by atoms with E-state index >= 15 is 0 Å². The van der Waals surface area contributed by atoms with Crippen molar-refractivity contribution in [3.05, 3.63) is 70.4 Å². The lowest BCUT2D eigenvalue weighted by Gasteiger charge is -2.22. The zero-order valence-electron chi connectivity index (χ0n) is 14.8. The van der Waals surface area contributed by atoms with Crippen LogP contribution in [0.4, 0.5) is 0 Å². The number of benzene rings is 2. The molecule has 1 heterocycles. The number of aromatic nitrogens is 1. The van der Waals surface area contributed by atoms with Gasteiger partial charge in [0.2, 0.25) is 5.91 Å².